The maximum absolute atomic E-state index is 12.5. The van der Waals surface area contributed by atoms with Crippen molar-refractivity contribution in [2.24, 2.45) is 0 Å². The van der Waals surface area contributed by atoms with Crippen molar-refractivity contribution in [2.45, 2.75) is 24.8 Å². The van der Waals surface area contributed by atoms with Crippen LogP contribution in [-0.4, -0.2) is 40.5 Å². The molecule has 1 aromatic rings. The van der Waals surface area contributed by atoms with Crippen molar-refractivity contribution in [1.82, 2.24) is 4.98 Å². The van der Waals surface area contributed by atoms with Crippen molar-refractivity contribution in [3.8, 4) is 0 Å². The summed E-state index contributed by atoms with van der Waals surface area (Å²) in [4.78, 5) is 5.26. The topological polar surface area (TPSA) is 56.6 Å². The first-order valence-corrected chi connectivity index (χ1v) is 6.00. The molecule has 1 aromatic heterocycles. The van der Waals surface area contributed by atoms with Gasteiger partial charge in [-0.25, -0.2) is 4.98 Å². The molecule has 0 amide bonds. The number of nitrogens with zero attached hydrogens (tertiary/aromatic N) is 2. The van der Waals surface area contributed by atoms with E-state index in [2.05, 4.69) is 4.98 Å². The molecule has 1 saturated heterocycles. The highest BCUT2D eigenvalue weighted by Crippen LogP contribution is 2.34. The number of alkyl halides is 3. The molecule has 1 fully saturated rings. The molecule has 2 rings (SSSR count). The van der Waals surface area contributed by atoms with E-state index in [1.807, 2.05) is 0 Å². The zero-order valence-corrected chi connectivity index (χ0v) is 10.5. The second kappa shape index (κ2) is 5.15. The van der Waals surface area contributed by atoms with Crippen LogP contribution in [0.15, 0.2) is 12.3 Å². The van der Waals surface area contributed by atoms with E-state index < -0.39 is 23.9 Å². The van der Waals surface area contributed by atoms with Crippen molar-refractivity contribution < 1.29 is 23.4 Å². The van der Waals surface area contributed by atoms with Crippen LogP contribution >= 0.6 is 11.6 Å². The Balaban J connectivity index is 2.22. The summed E-state index contributed by atoms with van der Waals surface area (Å²) in [5.41, 5.74) is -0.918. The molecule has 0 saturated carbocycles. The van der Waals surface area contributed by atoms with Gasteiger partial charge in [0.1, 0.15) is 5.82 Å². The van der Waals surface area contributed by atoms with Gasteiger partial charge >= 0.3 is 6.18 Å². The van der Waals surface area contributed by atoms with Gasteiger partial charge in [-0.05, 0) is 12.5 Å². The van der Waals surface area contributed by atoms with Crippen molar-refractivity contribution in [3.63, 3.8) is 0 Å². The van der Waals surface area contributed by atoms with Gasteiger partial charge in [-0.15, -0.1) is 0 Å². The lowest BCUT2D eigenvalue weighted by Crippen LogP contribution is -2.47. The summed E-state index contributed by atoms with van der Waals surface area (Å²) < 4.78 is 37.4. The molecule has 8 heteroatoms. The average molecular weight is 297 g/mol. The number of anilines is 1. The van der Waals surface area contributed by atoms with E-state index >= 15 is 0 Å². The standard InChI is InChI=1S/C11H12ClF3N2O2/c12-7-3-6(11(13,14)15)4-16-10(7)17-2-1-8(18)9(19)5-17/h3-4,8-9,18-19H,1-2,5H2/t8-,9-/m0/s1. The first kappa shape index (κ1) is 14.4. The summed E-state index contributed by atoms with van der Waals surface area (Å²) in [5.74, 6) is 0.181. The number of piperidine rings is 1. The molecule has 19 heavy (non-hydrogen) atoms. The second-order valence-electron chi connectivity index (χ2n) is 4.40. The molecule has 0 radical (unpaired) electrons. The van der Waals surface area contributed by atoms with Crippen LogP contribution in [0, 0.1) is 0 Å². The summed E-state index contributed by atoms with van der Waals surface area (Å²) in [7, 11) is 0. The van der Waals surface area contributed by atoms with Crippen LogP contribution in [-0.2, 0) is 6.18 Å². The molecule has 1 aliphatic rings. The number of aromatic nitrogens is 1. The minimum Gasteiger partial charge on any atom is -0.390 e. The fourth-order valence-corrected chi connectivity index (χ4v) is 2.22. The van der Waals surface area contributed by atoms with Crippen molar-refractivity contribution in [2.75, 3.05) is 18.0 Å². The Labute approximate surface area is 112 Å². The summed E-state index contributed by atoms with van der Waals surface area (Å²) in [6.45, 7) is 0.454. The Hall–Kier alpha value is -1.05. The largest absolute Gasteiger partial charge is 0.417 e. The number of pyridine rings is 1. The number of hydrogen-bond donors (Lipinski definition) is 2. The minimum atomic E-state index is -4.49. The van der Waals surface area contributed by atoms with Crippen LogP contribution in [0.25, 0.3) is 0 Å². The Morgan fingerprint density at radius 1 is 1.32 bits per heavy atom. The molecule has 2 heterocycles. The molecule has 2 N–H and O–H groups in total. The third kappa shape index (κ3) is 3.10. The third-order valence-electron chi connectivity index (χ3n) is 3.00. The van der Waals surface area contributed by atoms with E-state index in [1.54, 1.807) is 4.90 Å². The van der Waals surface area contributed by atoms with E-state index in [0.717, 1.165) is 6.07 Å². The van der Waals surface area contributed by atoms with Gasteiger partial charge in [-0.3, -0.25) is 0 Å². The Bertz CT molecular complexity index is 470. The van der Waals surface area contributed by atoms with Crippen LogP contribution in [0.3, 0.4) is 0 Å². The molecule has 4 nitrogen and oxygen atoms in total. The summed E-state index contributed by atoms with van der Waals surface area (Å²) in [6.07, 6.45) is -5.27. The number of rotatable bonds is 1. The highest BCUT2D eigenvalue weighted by molar-refractivity contribution is 6.33. The molecular weight excluding hydrogens is 285 g/mol. The summed E-state index contributed by atoms with van der Waals surface area (Å²) >= 11 is 5.80. The zero-order valence-electron chi connectivity index (χ0n) is 9.73. The van der Waals surface area contributed by atoms with Gasteiger partial charge in [-0.2, -0.15) is 13.2 Å². The quantitative estimate of drug-likeness (QED) is 0.828. The van der Waals surface area contributed by atoms with Gasteiger partial charge in [0.15, 0.2) is 0 Å². The summed E-state index contributed by atoms with van der Waals surface area (Å²) in [5, 5.41) is 18.8. The maximum Gasteiger partial charge on any atom is 0.417 e. The first-order chi connectivity index (χ1) is 8.79. The lowest BCUT2D eigenvalue weighted by atomic mass is 10.1. The average Bonchev–Trinajstić information content (AvgIpc) is 2.31. The number of β-amino-alcohol motifs (C(OH)–C–C–N with tert-alkyl or cyclic N) is 1. The Kier molecular flexibility index (Phi) is 3.89. The van der Waals surface area contributed by atoms with Crippen molar-refractivity contribution in [1.29, 1.82) is 0 Å². The van der Waals surface area contributed by atoms with Gasteiger partial charge < -0.3 is 15.1 Å². The van der Waals surface area contributed by atoms with Crippen LogP contribution < -0.4 is 4.90 Å². The molecule has 0 spiro atoms. The normalized spacial score (nSPS) is 24.6. The number of aliphatic hydroxyl groups excluding tert-OH is 2. The van der Waals surface area contributed by atoms with Gasteiger partial charge in [0.25, 0.3) is 0 Å². The van der Waals surface area contributed by atoms with Crippen LogP contribution in [0.2, 0.25) is 5.02 Å². The second-order valence-corrected chi connectivity index (χ2v) is 4.80. The van der Waals surface area contributed by atoms with Crippen molar-refractivity contribution in [3.05, 3.63) is 22.8 Å². The predicted molar refractivity (Wildman–Crippen MR) is 63.1 cm³/mol. The molecule has 106 valence electrons. The minimum absolute atomic E-state index is 0.0826. The number of halogens is 4. The first-order valence-electron chi connectivity index (χ1n) is 5.63. The maximum atomic E-state index is 12.5. The lowest BCUT2D eigenvalue weighted by molar-refractivity contribution is -0.137. The van der Waals surface area contributed by atoms with Gasteiger partial charge in [-0.1, -0.05) is 11.6 Å². The highest BCUT2D eigenvalue weighted by atomic mass is 35.5. The summed E-state index contributed by atoms with van der Waals surface area (Å²) in [6, 6.07) is 0.807. The number of hydrogen-bond acceptors (Lipinski definition) is 4. The molecule has 0 bridgehead atoms. The third-order valence-corrected chi connectivity index (χ3v) is 3.27. The van der Waals surface area contributed by atoms with E-state index in [9.17, 15) is 23.4 Å². The van der Waals surface area contributed by atoms with E-state index in [4.69, 9.17) is 11.6 Å². The molecule has 0 unspecified atom stereocenters. The van der Waals surface area contributed by atoms with Crippen LogP contribution in [0.1, 0.15) is 12.0 Å². The van der Waals surface area contributed by atoms with Gasteiger partial charge in [0.05, 0.1) is 22.8 Å². The molecule has 0 aromatic carbocycles. The van der Waals surface area contributed by atoms with Crippen LogP contribution in [0.4, 0.5) is 19.0 Å². The highest BCUT2D eigenvalue weighted by Gasteiger charge is 2.33. The van der Waals surface area contributed by atoms with Crippen LogP contribution in [0.5, 0.6) is 0 Å². The monoisotopic (exact) mass is 296 g/mol. The molecular formula is C11H12ClF3N2O2. The van der Waals surface area contributed by atoms with E-state index in [1.165, 1.54) is 0 Å². The fraction of sp³-hybridized carbons (Fsp3) is 0.545. The molecule has 0 aliphatic carbocycles. The Morgan fingerprint density at radius 2 is 2.00 bits per heavy atom. The van der Waals surface area contributed by atoms with Gasteiger partial charge in [0.2, 0.25) is 0 Å². The van der Waals surface area contributed by atoms with Gasteiger partial charge in [0, 0.05) is 19.3 Å². The lowest BCUT2D eigenvalue weighted by Gasteiger charge is -2.34. The van der Waals surface area contributed by atoms with E-state index in [-0.39, 0.29) is 17.4 Å². The molecule has 1 aliphatic heterocycles. The SMILES string of the molecule is O[C@H]1CCN(c2ncc(C(F)(F)F)cc2Cl)C[C@@H]1O. The fourth-order valence-electron chi connectivity index (χ4n) is 1.93. The zero-order chi connectivity index (χ0) is 14.2. The Morgan fingerprint density at radius 3 is 2.53 bits per heavy atom. The molecule has 2 atom stereocenters. The predicted octanol–water partition coefficient (Wildman–Crippen LogP) is 1.69. The number of aliphatic hydroxyl groups is 2. The van der Waals surface area contributed by atoms with E-state index in [0.29, 0.717) is 19.2 Å². The smallest absolute Gasteiger partial charge is 0.390 e. The van der Waals surface area contributed by atoms with Crippen molar-refractivity contribution >= 4 is 17.4 Å².